The van der Waals surface area contributed by atoms with Gasteiger partial charge in [0.05, 0.1) is 5.69 Å². The SMILES string of the molecule is Cc1ccc(CCC(=O)NNC(=O)Cn2nc(C)cc2C)cc1. The Morgan fingerprint density at radius 2 is 1.70 bits per heavy atom. The molecule has 1 heterocycles. The maximum atomic E-state index is 11.8. The van der Waals surface area contributed by atoms with Crippen LogP contribution in [0.3, 0.4) is 0 Å². The molecule has 0 atom stereocenters. The highest BCUT2D eigenvalue weighted by atomic mass is 16.2. The number of hydrogen-bond acceptors (Lipinski definition) is 3. The highest BCUT2D eigenvalue weighted by molar-refractivity contribution is 5.81. The fourth-order valence-corrected chi connectivity index (χ4v) is 2.23. The van der Waals surface area contributed by atoms with E-state index in [0.29, 0.717) is 12.8 Å². The van der Waals surface area contributed by atoms with Gasteiger partial charge in [-0.25, -0.2) is 0 Å². The van der Waals surface area contributed by atoms with Crippen molar-refractivity contribution in [1.82, 2.24) is 20.6 Å². The number of aromatic nitrogens is 2. The molecule has 0 aliphatic heterocycles. The second-order valence-corrected chi connectivity index (χ2v) is 5.67. The molecule has 0 saturated heterocycles. The van der Waals surface area contributed by atoms with E-state index in [1.807, 2.05) is 51.1 Å². The lowest BCUT2D eigenvalue weighted by Gasteiger charge is -2.08. The first-order valence-electron chi connectivity index (χ1n) is 7.58. The fraction of sp³-hybridized carbons (Fsp3) is 0.353. The van der Waals surface area contributed by atoms with Gasteiger partial charge in [0.25, 0.3) is 5.91 Å². The van der Waals surface area contributed by atoms with E-state index < -0.39 is 0 Å². The Labute approximate surface area is 135 Å². The van der Waals surface area contributed by atoms with Crippen molar-refractivity contribution in [3.05, 3.63) is 52.8 Å². The highest BCUT2D eigenvalue weighted by Gasteiger charge is 2.08. The van der Waals surface area contributed by atoms with Crippen LogP contribution in [0.5, 0.6) is 0 Å². The number of rotatable bonds is 5. The van der Waals surface area contributed by atoms with Gasteiger partial charge in [0.2, 0.25) is 5.91 Å². The minimum atomic E-state index is -0.306. The van der Waals surface area contributed by atoms with Gasteiger partial charge in [-0.15, -0.1) is 0 Å². The second-order valence-electron chi connectivity index (χ2n) is 5.67. The standard InChI is InChI=1S/C17H22N4O2/c1-12-4-6-15(7-5-12)8-9-16(22)18-19-17(23)11-21-14(3)10-13(2)20-21/h4-7,10H,8-9,11H2,1-3H3,(H,18,22)(H,19,23). The number of amides is 2. The van der Waals surface area contributed by atoms with E-state index in [9.17, 15) is 9.59 Å². The van der Waals surface area contributed by atoms with E-state index >= 15 is 0 Å². The summed E-state index contributed by atoms with van der Waals surface area (Å²) in [7, 11) is 0. The molecular formula is C17H22N4O2. The van der Waals surface area contributed by atoms with Gasteiger partial charge in [0.15, 0.2) is 0 Å². The minimum absolute atomic E-state index is 0.0813. The normalized spacial score (nSPS) is 10.4. The number of hydrogen-bond donors (Lipinski definition) is 2. The lowest BCUT2D eigenvalue weighted by Crippen LogP contribution is -2.43. The van der Waals surface area contributed by atoms with Gasteiger partial charge < -0.3 is 0 Å². The first-order chi connectivity index (χ1) is 10.9. The molecule has 2 rings (SSSR count). The van der Waals surface area contributed by atoms with Gasteiger partial charge in [-0.05, 0) is 38.8 Å². The summed E-state index contributed by atoms with van der Waals surface area (Å²) in [5, 5.41) is 4.20. The lowest BCUT2D eigenvalue weighted by atomic mass is 10.1. The molecule has 0 fully saturated rings. The smallest absolute Gasteiger partial charge is 0.260 e. The monoisotopic (exact) mass is 314 g/mol. The molecule has 122 valence electrons. The fourth-order valence-electron chi connectivity index (χ4n) is 2.23. The number of carbonyl (C=O) groups is 2. The van der Waals surface area contributed by atoms with Crippen molar-refractivity contribution in [3.63, 3.8) is 0 Å². The molecule has 1 aromatic heterocycles. The van der Waals surface area contributed by atoms with Crippen molar-refractivity contribution < 1.29 is 9.59 Å². The topological polar surface area (TPSA) is 76.0 Å². The summed E-state index contributed by atoms with van der Waals surface area (Å²) in [6, 6.07) is 9.94. The van der Waals surface area contributed by atoms with Crippen LogP contribution in [0.15, 0.2) is 30.3 Å². The van der Waals surface area contributed by atoms with E-state index in [1.54, 1.807) is 4.68 Å². The number of aryl methyl sites for hydroxylation is 4. The van der Waals surface area contributed by atoms with Gasteiger partial charge in [0.1, 0.15) is 6.54 Å². The Morgan fingerprint density at radius 3 is 2.30 bits per heavy atom. The Balaban J connectivity index is 1.72. The highest BCUT2D eigenvalue weighted by Crippen LogP contribution is 2.05. The Bertz CT molecular complexity index is 689. The van der Waals surface area contributed by atoms with Crippen LogP contribution in [0.4, 0.5) is 0 Å². The Kier molecular flexibility index (Phi) is 5.51. The molecule has 2 N–H and O–H groups in total. The molecule has 2 aromatic rings. The zero-order chi connectivity index (χ0) is 16.8. The van der Waals surface area contributed by atoms with E-state index in [4.69, 9.17) is 0 Å². The van der Waals surface area contributed by atoms with Gasteiger partial charge in [0, 0.05) is 12.1 Å². The zero-order valence-electron chi connectivity index (χ0n) is 13.7. The van der Waals surface area contributed by atoms with Gasteiger partial charge >= 0.3 is 0 Å². The van der Waals surface area contributed by atoms with Gasteiger partial charge in [-0.2, -0.15) is 5.10 Å². The molecule has 0 unspecified atom stereocenters. The van der Waals surface area contributed by atoms with Crippen LogP contribution in [0.1, 0.15) is 28.9 Å². The van der Waals surface area contributed by atoms with Crippen molar-refractivity contribution in [2.45, 2.75) is 40.2 Å². The van der Waals surface area contributed by atoms with Gasteiger partial charge in [-0.1, -0.05) is 29.8 Å². The summed E-state index contributed by atoms with van der Waals surface area (Å²) in [5.41, 5.74) is 8.90. The number of carbonyl (C=O) groups excluding carboxylic acids is 2. The molecular weight excluding hydrogens is 292 g/mol. The summed E-state index contributed by atoms with van der Waals surface area (Å²) in [6.45, 7) is 5.86. The van der Waals surface area contributed by atoms with Crippen LogP contribution in [-0.2, 0) is 22.6 Å². The summed E-state index contributed by atoms with van der Waals surface area (Å²) in [5.74, 6) is -0.521. The third-order valence-electron chi connectivity index (χ3n) is 3.50. The Morgan fingerprint density at radius 1 is 1.04 bits per heavy atom. The maximum absolute atomic E-state index is 11.8. The predicted octanol–water partition coefficient (Wildman–Crippen LogP) is 1.59. The first kappa shape index (κ1) is 16.7. The molecule has 0 spiro atoms. The number of benzene rings is 1. The molecule has 6 nitrogen and oxygen atoms in total. The summed E-state index contributed by atoms with van der Waals surface area (Å²) < 4.78 is 1.60. The molecule has 0 aliphatic carbocycles. The van der Waals surface area contributed by atoms with Crippen LogP contribution >= 0.6 is 0 Å². The summed E-state index contributed by atoms with van der Waals surface area (Å²) >= 11 is 0. The van der Waals surface area contributed by atoms with Crippen molar-refractivity contribution in [1.29, 1.82) is 0 Å². The van der Waals surface area contributed by atoms with Crippen LogP contribution in [0.25, 0.3) is 0 Å². The molecule has 0 saturated carbocycles. The quantitative estimate of drug-likeness (QED) is 0.823. The van der Waals surface area contributed by atoms with Crippen molar-refractivity contribution in [2.75, 3.05) is 0 Å². The number of nitrogens with one attached hydrogen (secondary N) is 2. The van der Waals surface area contributed by atoms with Crippen LogP contribution in [0.2, 0.25) is 0 Å². The Hall–Kier alpha value is -2.63. The van der Waals surface area contributed by atoms with E-state index in [1.165, 1.54) is 5.56 Å². The average Bonchev–Trinajstić information content (AvgIpc) is 2.82. The van der Waals surface area contributed by atoms with Crippen LogP contribution in [0, 0.1) is 20.8 Å². The lowest BCUT2D eigenvalue weighted by molar-refractivity contribution is -0.129. The zero-order valence-corrected chi connectivity index (χ0v) is 13.7. The molecule has 0 bridgehead atoms. The third kappa shape index (κ3) is 5.25. The number of nitrogens with zero attached hydrogens (tertiary/aromatic N) is 2. The summed E-state index contributed by atoms with van der Waals surface area (Å²) in [4.78, 5) is 23.6. The van der Waals surface area contributed by atoms with E-state index in [2.05, 4.69) is 16.0 Å². The first-order valence-corrected chi connectivity index (χ1v) is 7.58. The average molecular weight is 314 g/mol. The van der Waals surface area contributed by atoms with Crippen molar-refractivity contribution >= 4 is 11.8 Å². The maximum Gasteiger partial charge on any atom is 0.260 e. The van der Waals surface area contributed by atoms with Gasteiger partial charge in [-0.3, -0.25) is 25.1 Å². The molecule has 1 aromatic carbocycles. The van der Waals surface area contributed by atoms with Crippen molar-refractivity contribution in [2.24, 2.45) is 0 Å². The largest absolute Gasteiger partial charge is 0.273 e. The number of hydrazine groups is 1. The molecule has 0 aliphatic rings. The molecule has 0 radical (unpaired) electrons. The van der Waals surface area contributed by atoms with Crippen LogP contribution in [-0.4, -0.2) is 21.6 Å². The minimum Gasteiger partial charge on any atom is -0.273 e. The molecule has 23 heavy (non-hydrogen) atoms. The summed E-state index contributed by atoms with van der Waals surface area (Å²) in [6.07, 6.45) is 0.961. The predicted molar refractivity (Wildman–Crippen MR) is 87.5 cm³/mol. The second kappa shape index (κ2) is 7.58. The van der Waals surface area contributed by atoms with Crippen molar-refractivity contribution in [3.8, 4) is 0 Å². The van der Waals surface area contributed by atoms with E-state index in [-0.39, 0.29) is 18.4 Å². The molecule has 2 amide bonds. The van der Waals surface area contributed by atoms with E-state index in [0.717, 1.165) is 17.0 Å². The molecule has 6 heteroatoms. The van der Waals surface area contributed by atoms with Crippen LogP contribution < -0.4 is 10.9 Å². The third-order valence-corrected chi connectivity index (χ3v) is 3.50.